The van der Waals surface area contributed by atoms with Crippen LogP contribution in [0.25, 0.3) is 0 Å². The molecule has 0 spiro atoms. The van der Waals surface area contributed by atoms with E-state index in [1.807, 2.05) is 0 Å². The van der Waals surface area contributed by atoms with Gasteiger partial charge in [0.25, 0.3) is 0 Å². The fourth-order valence-corrected chi connectivity index (χ4v) is 0.649. The van der Waals surface area contributed by atoms with Crippen molar-refractivity contribution in [2.24, 2.45) is 5.50 Å². The van der Waals surface area contributed by atoms with E-state index < -0.39 is 8.09 Å². The van der Waals surface area contributed by atoms with Crippen LogP contribution in [-0.4, -0.2) is 16.4 Å². The van der Waals surface area contributed by atoms with Crippen LogP contribution in [0.15, 0.2) is 0 Å². The summed E-state index contributed by atoms with van der Waals surface area (Å²) in [5.41, 5.74) is 4.69. The van der Waals surface area contributed by atoms with E-state index in [-0.39, 0.29) is 13.0 Å². The summed E-state index contributed by atoms with van der Waals surface area (Å²) >= 11 is 0. The third-order valence-electron chi connectivity index (χ3n) is 0.528. The molecule has 0 aromatic heterocycles. The standard InChI is InChI=1S/C3H9N2O3P/c4-2-1-3-8-9(5,6)7/h6-7,9H,1,3,5H2. The number of nitrogens with zero attached hydrogens (tertiary/aromatic N) is 1. The van der Waals surface area contributed by atoms with Crippen molar-refractivity contribution in [1.29, 1.82) is 5.26 Å². The summed E-state index contributed by atoms with van der Waals surface area (Å²) in [6.45, 7) is -0.0216. The van der Waals surface area contributed by atoms with E-state index in [0.29, 0.717) is 0 Å². The summed E-state index contributed by atoms with van der Waals surface area (Å²) in [6, 6.07) is 1.76. The van der Waals surface area contributed by atoms with Gasteiger partial charge >= 0.3 is 52.3 Å². The van der Waals surface area contributed by atoms with E-state index in [4.69, 9.17) is 20.6 Å². The topological polar surface area (TPSA) is 99.5 Å². The van der Waals surface area contributed by atoms with Crippen LogP contribution in [0.5, 0.6) is 0 Å². The van der Waals surface area contributed by atoms with Crippen molar-refractivity contribution >= 4 is 8.09 Å². The fourth-order valence-electron chi connectivity index (χ4n) is 0.247. The van der Waals surface area contributed by atoms with Gasteiger partial charge in [-0.15, -0.1) is 0 Å². The van der Waals surface area contributed by atoms with Crippen molar-refractivity contribution in [2.45, 2.75) is 6.42 Å². The third kappa shape index (κ3) is 7.76. The first-order valence-electron chi connectivity index (χ1n) is 2.31. The van der Waals surface area contributed by atoms with Gasteiger partial charge in [-0.05, 0) is 0 Å². The molecule has 0 saturated heterocycles. The van der Waals surface area contributed by atoms with Crippen LogP contribution < -0.4 is 5.50 Å². The minimum atomic E-state index is -3.85. The van der Waals surface area contributed by atoms with E-state index in [1.54, 1.807) is 6.07 Å². The van der Waals surface area contributed by atoms with E-state index in [2.05, 4.69) is 4.52 Å². The summed E-state index contributed by atoms with van der Waals surface area (Å²) in [6.07, 6.45) is 0.118. The SMILES string of the molecule is N#CCCO[PH](N)(O)O. The minimum absolute atomic E-state index is 0.0216. The maximum absolute atomic E-state index is 8.38. The Hall–Kier alpha value is -0.240. The zero-order valence-electron chi connectivity index (χ0n) is 4.74. The van der Waals surface area contributed by atoms with E-state index >= 15 is 0 Å². The second kappa shape index (κ2) is 3.72. The summed E-state index contributed by atoms with van der Waals surface area (Å²) in [7, 11) is -3.85. The Morgan fingerprint density at radius 2 is 2.22 bits per heavy atom. The van der Waals surface area contributed by atoms with Crippen LogP contribution in [0.4, 0.5) is 0 Å². The molecule has 0 aliphatic carbocycles. The number of nitriles is 1. The zero-order valence-corrected chi connectivity index (χ0v) is 5.74. The van der Waals surface area contributed by atoms with Crippen LogP contribution in [0, 0.1) is 11.3 Å². The molecule has 0 radical (unpaired) electrons. The second-order valence-corrected chi connectivity index (χ2v) is 3.02. The van der Waals surface area contributed by atoms with Crippen LogP contribution in [0.2, 0.25) is 0 Å². The van der Waals surface area contributed by atoms with Crippen molar-refractivity contribution in [3.8, 4) is 6.07 Å². The molecule has 5 nitrogen and oxygen atoms in total. The Morgan fingerprint density at radius 1 is 1.67 bits per heavy atom. The first-order valence-corrected chi connectivity index (χ1v) is 4.19. The average molecular weight is 152 g/mol. The number of hydrogen-bond acceptors (Lipinski definition) is 5. The molecule has 0 heterocycles. The van der Waals surface area contributed by atoms with Gasteiger partial charge in [0.2, 0.25) is 0 Å². The Bertz CT molecular complexity index is 115. The molecule has 0 aliphatic rings. The van der Waals surface area contributed by atoms with Crippen molar-refractivity contribution < 1.29 is 14.3 Å². The van der Waals surface area contributed by atoms with Crippen molar-refractivity contribution in [3.05, 3.63) is 0 Å². The molecule has 0 atom stereocenters. The molecule has 4 N–H and O–H groups in total. The normalized spacial score (nSPS) is 12.7. The van der Waals surface area contributed by atoms with E-state index in [9.17, 15) is 0 Å². The van der Waals surface area contributed by atoms with Gasteiger partial charge < -0.3 is 0 Å². The van der Waals surface area contributed by atoms with Crippen LogP contribution in [0.1, 0.15) is 6.42 Å². The molecule has 0 saturated carbocycles. The zero-order chi connectivity index (χ0) is 7.33. The number of nitrogens with two attached hydrogens (primary N) is 1. The molecule has 0 aromatic carbocycles. The molecule has 0 unspecified atom stereocenters. The van der Waals surface area contributed by atoms with Crippen LogP contribution >= 0.6 is 8.09 Å². The molecule has 0 aromatic rings. The van der Waals surface area contributed by atoms with Gasteiger partial charge in [0.15, 0.2) is 0 Å². The van der Waals surface area contributed by atoms with Gasteiger partial charge in [0.05, 0.1) is 0 Å². The molecule has 0 fully saturated rings. The molecule has 0 amide bonds. The molecule has 6 heteroatoms. The Labute approximate surface area is 53.3 Å². The Balaban J connectivity index is 3.20. The third-order valence-corrected chi connectivity index (χ3v) is 1.16. The molecule has 9 heavy (non-hydrogen) atoms. The molecule has 0 aliphatic heterocycles. The van der Waals surface area contributed by atoms with E-state index in [0.717, 1.165) is 0 Å². The number of hydrogen-bond donors (Lipinski definition) is 3. The van der Waals surface area contributed by atoms with Crippen molar-refractivity contribution in [1.82, 2.24) is 0 Å². The molecule has 54 valence electrons. The Kier molecular flexibility index (Phi) is 3.62. The monoisotopic (exact) mass is 152 g/mol. The summed E-state index contributed by atoms with van der Waals surface area (Å²) in [4.78, 5) is 16.8. The Morgan fingerprint density at radius 3 is 2.56 bits per heavy atom. The predicted octanol–water partition coefficient (Wildman–Crippen LogP) is -0.730. The van der Waals surface area contributed by atoms with Gasteiger partial charge in [0.1, 0.15) is 0 Å². The second-order valence-electron chi connectivity index (χ2n) is 1.42. The summed E-state index contributed by atoms with van der Waals surface area (Å²) in [5, 5.41) is 7.94. The van der Waals surface area contributed by atoms with Gasteiger partial charge in [-0.3, -0.25) is 0 Å². The fraction of sp³-hybridized carbons (Fsp3) is 0.667. The summed E-state index contributed by atoms with van der Waals surface area (Å²) in [5.74, 6) is 0. The van der Waals surface area contributed by atoms with E-state index in [1.165, 1.54) is 0 Å². The summed E-state index contributed by atoms with van der Waals surface area (Å²) < 4.78 is 4.27. The molecule has 0 bridgehead atoms. The van der Waals surface area contributed by atoms with Gasteiger partial charge in [-0.25, -0.2) is 0 Å². The van der Waals surface area contributed by atoms with Gasteiger partial charge in [0, 0.05) is 0 Å². The predicted molar refractivity (Wildman–Crippen MR) is 33.1 cm³/mol. The molecule has 0 rings (SSSR count). The first-order chi connectivity index (χ1) is 4.06. The first kappa shape index (κ1) is 8.76. The van der Waals surface area contributed by atoms with Crippen LogP contribution in [0.3, 0.4) is 0 Å². The maximum atomic E-state index is 8.38. The number of rotatable bonds is 3. The molecular formula is C3H9N2O3P. The van der Waals surface area contributed by atoms with Crippen molar-refractivity contribution in [2.75, 3.05) is 6.61 Å². The van der Waals surface area contributed by atoms with Crippen molar-refractivity contribution in [3.63, 3.8) is 0 Å². The van der Waals surface area contributed by atoms with Crippen LogP contribution in [-0.2, 0) is 4.52 Å². The molecular weight excluding hydrogens is 143 g/mol. The van der Waals surface area contributed by atoms with Gasteiger partial charge in [-0.1, -0.05) is 0 Å². The van der Waals surface area contributed by atoms with Gasteiger partial charge in [-0.2, -0.15) is 0 Å². The quantitative estimate of drug-likeness (QED) is 0.365. The average Bonchev–Trinajstić information content (AvgIpc) is 1.63.